The van der Waals surface area contributed by atoms with Gasteiger partial charge in [-0.1, -0.05) is 44.2 Å². The number of benzene rings is 1. The number of hydrogen-bond acceptors (Lipinski definition) is 2. The minimum absolute atomic E-state index is 0.0245. The first kappa shape index (κ1) is 14.7. The average Bonchev–Trinajstić information content (AvgIpc) is 2.84. The number of hydrogen-bond donors (Lipinski definition) is 1. The predicted octanol–water partition coefficient (Wildman–Crippen LogP) is 3.17. The highest BCUT2D eigenvalue weighted by Crippen LogP contribution is 2.29. The minimum Gasteiger partial charge on any atom is -0.327 e. The molecule has 5 heteroatoms. The second-order valence-electron chi connectivity index (χ2n) is 5.08. The molecular formula is C15H19F2N3. The van der Waals surface area contributed by atoms with Crippen LogP contribution in [0.4, 0.5) is 8.78 Å². The second-order valence-corrected chi connectivity index (χ2v) is 5.08. The van der Waals surface area contributed by atoms with Crippen LogP contribution in [0.1, 0.15) is 25.2 Å². The molecule has 0 aliphatic carbocycles. The lowest BCUT2D eigenvalue weighted by atomic mass is 10.1. The molecule has 1 aromatic carbocycles. The van der Waals surface area contributed by atoms with Gasteiger partial charge in [0.05, 0.1) is 13.1 Å². The normalized spacial score (nSPS) is 12.1. The summed E-state index contributed by atoms with van der Waals surface area (Å²) in [5.41, 5.74) is 0.0245. The van der Waals surface area contributed by atoms with Crippen LogP contribution in [0.5, 0.6) is 0 Å². The number of nitrogens with one attached hydrogen (secondary N) is 1. The Kier molecular flexibility index (Phi) is 4.49. The van der Waals surface area contributed by atoms with E-state index < -0.39 is 12.5 Å². The van der Waals surface area contributed by atoms with E-state index in [2.05, 4.69) is 10.3 Å². The molecule has 0 radical (unpaired) electrons. The van der Waals surface area contributed by atoms with Crippen LogP contribution in [0.25, 0.3) is 0 Å². The molecule has 2 aromatic rings. The molecule has 0 saturated carbocycles. The number of aromatic nitrogens is 2. The SMILES string of the molecule is CC(C)NCc1nccn1CC(F)(F)c1ccccc1. The Morgan fingerprint density at radius 2 is 1.95 bits per heavy atom. The van der Waals surface area contributed by atoms with Crippen LogP contribution >= 0.6 is 0 Å². The van der Waals surface area contributed by atoms with Gasteiger partial charge in [0, 0.05) is 24.0 Å². The summed E-state index contributed by atoms with van der Waals surface area (Å²) in [6.07, 6.45) is 3.15. The van der Waals surface area contributed by atoms with E-state index in [-0.39, 0.29) is 11.6 Å². The molecule has 0 aliphatic rings. The summed E-state index contributed by atoms with van der Waals surface area (Å²) in [5, 5.41) is 3.19. The fourth-order valence-electron chi connectivity index (χ4n) is 1.93. The Balaban J connectivity index is 2.12. The minimum atomic E-state index is -2.91. The number of halogens is 2. The van der Waals surface area contributed by atoms with E-state index in [9.17, 15) is 8.78 Å². The zero-order chi connectivity index (χ0) is 14.6. The van der Waals surface area contributed by atoms with Gasteiger partial charge < -0.3 is 9.88 Å². The number of alkyl halides is 2. The summed E-state index contributed by atoms with van der Waals surface area (Å²) < 4.78 is 30.0. The highest BCUT2D eigenvalue weighted by Gasteiger charge is 2.32. The van der Waals surface area contributed by atoms with Gasteiger partial charge in [0.2, 0.25) is 0 Å². The Labute approximate surface area is 117 Å². The smallest absolute Gasteiger partial charge is 0.290 e. The van der Waals surface area contributed by atoms with Crippen molar-refractivity contribution in [2.24, 2.45) is 0 Å². The molecule has 0 atom stereocenters. The second kappa shape index (κ2) is 6.13. The zero-order valence-corrected chi connectivity index (χ0v) is 11.7. The molecule has 108 valence electrons. The summed E-state index contributed by atoms with van der Waals surface area (Å²) in [6, 6.07) is 8.16. The molecule has 0 bridgehead atoms. The Morgan fingerprint density at radius 1 is 1.25 bits per heavy atom. The Bertz CT molecular complexity index is 535. The molecular weight excluding hydrogens is 260 g/mol. The average molecular weight is 279 g/mol. The van der Waals surface area contributed by atoms with Crippen LogP contribution in [0.15, 0.2) is 42.7 Å². The van der Waals surface area contributed by atoms with Crippen molar-refractivity contribution < 1.29 is 8.78 Å². The molecule has 0 spiro atoms. The molecule has 0 saturated heterocycles. The van der Waals surface area contributed by atoms with Crippen LogP contribution < -0.4 is 5.32 Å². The van der Waals surface area contributed by atoms with E-state index in [1.165, 1.54) is 16.7 Å². The van der Waals surface area contributed by atoms with E-state index in [1.54, 1.807) is 30.6 Å². The molecule has 0 aliphatic heterocycles. The predicted molar refractivity (Wildman–Crippen MR) is 74.5 cm³/mol. The lowest BCUT2D eigenvalue weighted by Crippen LogP contribution is -2.27. The molecule has 0 unspecified atom stereocenters. The first-order chi connectivity index (χ1) is 9.49. The molecule has 3 nitrogen and oxygen atoms in total. The van der Waals surface area contributed by atoms with Gasteiger partial charge >= 0.3 is 0 Å². The van der Waals surface area contributed by atoms with Crippen LogP contribution in [-0.4, -0.2) is 15.6 Å². The van der Waals surface area contributed by atoms with Gasteiger partial charge in [-0.05, 0) is 0 Å². The first-order valence-electron chi connectivity index (χ1n) is 6.66. The maximum absolute atomic E-state index is 14.2. The van der Waals surface area contributed by atoms with Gasteiger partial charge in [-0.3, -0.25) is 0 Å². The summed E-state index contributed by atoms with van der Waals surface area (Å²) in [6.45, 7) is 4.10. The highest BCUT2D eigenvalue weighted by molar-refractivity contribution is 5.20. The van der Waals surface area contributed by atoms with E-state index in [4.69, 9.17) is 0 Å². The van der Waals surface area contributed by atoms with Crippen molar-refractivity contribution >= 4 is 0 Å². The molecule has 1 N–H and O–H groups in total. The topological polar surface area (TPSA) is 29.9 Å². The van der Waals surface area contributed by atoms with Crippen LogP contribution in [0.3, 0.4) is 0 Å². The van der Waals surface area contributed by atoms with Gasteiger partial charge in [-0.2, -0.15) is 8.78 Å². The van der Waals surface area contributed by atoms with Gasteiger partial charge in [0.15, 0.2) is 0 Å². The molecule has 2 rings (SSSR count). The van der Waals surface area contributed by atoms with Crippen molar-refractivity contribution in [1.29, 1.82) is 0 Å². The molecule has 1 heterocycles. The molecule has 1 aromatic heterocycles. The van der Waals surface area contributed by atoms with Gasteiger partial charge in [0.1, 0.15) is 5.82 Å². The van der Waals surface area contributed by atoms with Crippen molar-refractivity contribution in [2.45, 2.75) is 38.9 Å². The lowest BCUT2D eigenvalue weighted by molar-refractivity contribution is -0.0230. The van der Waals surface area contributed by atoms with E-state index in [0.29, 0.717) is 12.4 Å². The third kappa shape index (κ3) is 3.63. The summed E-state index contributed by atoms with van der Waals surface area (Å²) in [4.78, 5) is 4.13. The number of rotatable bonds is 6. The van der Waals surface area contributed by atoms with E-state index in [0.717, 1.165) is 0 Å². The van der Waals surface area contributed by atoms with Crippen LogP contribution in [0, 0.1) is 0 Å². The Morgan fingerprint density at radius 3 is 2.60 bits per heavy atom. The maximum Gasteiger partial charge on any atom is 0.290 e. The zero-order valence-electron chi connectivity index (χ0n) is 11.7. The number of nitrogens with zero attached hydrogens (tertiary/aromatic N) is 2. The van der Waals surface area contributed by atoms with Gasteiger partial charge in [-0.15, -0.1) is 0 Å². The van der Waals surface area contributed by atoms with Gasteiger partial charge in [-0.25, -0.2) is 4.98 Å². The van der Waals surface area contributed by atoms with E-state index in [1.807, 2.05) is 13.8 Å². The third-order valence-corrected chi connectivity index (χ3v) is 3.04. The van der Waals surface area contributed by atoms with Crippen molar-refractivity contribution in [3.63, 3.8) is 0 Å². The molecule has 0 fully saturated rings. The third-order valence-electron chi connectivity index (χ3n) is 3.04. The van der Waals surface area contributed by atoms with Crippen LogP contribution in [0.2, 0.25) is 0 Å². The highest BCUT2D eigenvalue weighted by atomic mass is 19.3. The van der Waals surface area contributed by atoms with Crippen molar-refractivity contribution in [3.05, 3.63) is 54.1 Å². The van der Waals surface area contributed by atoms with Gasteiger partial charge in [0.25, 0.3) is 5.92 Å². The standard InChI is InChI=1S/C15H19F2N3/c1-12(2)19-10-14-18-8-9-20(14)11-15(16,17)13-6-4-3-5-7-13/h3-9,12,19H,10-11H2,1-2H3. The quantitative estimate of drug-likeness (QED) is 0.880. The molecule has 20 heavy (non-hydrogen) atoms. The Hall–Kier alpha value is -1.75. The largest absolute Gasteiger partial charge is 0.327 e. The fraction of sp³-hybridized carbons (Fsp3) is 0.400. The number of imidazole rings is 1. The summed E-state index contributed by atoms with van der Waals surface area (Å²) in [7, 11) is 0. The van der Waals surface area contributed by atoms with E-state index >= 15 is 0 Å². The molecule has 0 amide bonds. The summed E-state index contributed by atoms with van der Waals surface area (Å²) in [5.74, 6) is -2.29. The van der Waals surface area contributed by atoms with Crippen LogP contribution in [-0.2, 0) is 19.0 Å². The maximum atomic E-state index is 14.2. The summed E-state index contributed by atoms with van der Waals surface area (Å²) >= 11 is 0. The van der Waals surface area contributed by atoms with Crippen molar-refractivity contribution in [3.8, 4) is 0 Å². The lowest BCUT2D eigenvalue weighted by Gasteiger charge is -2.19. The first-order valence-corrected chi connectivity index (χ1v) is 6.66. The fourth-order valence-corrected chi connectivity index (χ4v) is 1.93. The van der Waals surface area contributed by atoms with Crippen molar-refractivity contribution in [2.75, 3.05) is 0 Å². The van der Waals surface area contributed by atoms with Crippen molar-refractivity contribution in [1.82, 2.24) is 14.9 Å². The monoisotopic (exact) mass is 279 g/mol.